The van der Waals surface area contributed by atoms with Crippen molar-refractivity contribution in [2.75, 3.05) is 18.5 Å². The van der Waals surface area contributed by atoms with Crippen LogP contribution in [0.4, 0.5) is 14.5 Å². The minimum Gasteiger partial charge on any atom is -0.372 e. The molecule has 2 aromatic carbocycles. The van der Waals surface area contributed by atoms with Gasteiger partial charge in [-0.2, -0.15) is 0 Å². The van der Waals surface area contributed by atoms with E-state index >= 15 is 0 Å². The molecule has 7 heteroatoms. The summed E-state index contributed by atoms with van der Waals surface area (Å²) in [5.74, 6) is -2.59. The minimum absolute atomic E-state index is 0.472. The lowest BCUT2D eigenvalue weighted by Gasteiger charge is -2.17. The molecule has 0 atom stereocenters. The first-order valence-electron chi connectivity index (χ1n) is 9.63. The van der Waals surface area contributed by atoms with E-state index in [1.165, 1.54) is 21.5 Å². The number of amides is 1. The third kappa shape index (κ3) is 3.80. The third-order valence-corrected chi connectivity index (χ3v) is 6.13. The predicted octanol–water partition coefficient (Wildman–Crippen LogP) is 5.44. The van der Waals surface area contributed by atoms with E-state index in [1.54, 1.807) is 23.5 Å². The van der Waals surface area contributed by atoms with Crippen molar-refractivity contribution in [3.63, 3.8) is 0 Å². The molecule has 4 rings (SSSR count). The van der Waals surface area contributed by atoms with Crippen LogP contribution in [-0.2, 0) is 0 Å². The molecule has 2 heterocycles. The van der Waals surface area contributed by atoms with Gasteiger partial charge in [-0.1, -0.05) is 18.2 Å². The molecule has 1 aliphatic rings. The number of nitrogens with one attached hydrogen (secondary N) is 2. The maximum Gasteiger partial charge on any atom is 0.261 e. The SMILES string of the molecule is CCN1CNC=C1c1cc(-c2ccc(NC(=O)c3c(F)cccc3F)cc2)c(C)s1. The van der Waals surface area contributed by atoms with Crippen molar-refractivity contribution in [2.45, 2.75) is 13.8 Å². The zero-order chi connectivity index (χ0) is 21.3. The molecule has 154 valence electrons. The largest absolute Gasteiger partial charge is 0.372 e. The molecule has 1 aromatic heterocycles. The van der Waals surface area contributed by atoms with Crippen LogP contribution in [0.1, 0.15) is 27.0 Å². The zero-order valence-corrected chi connectivity index (χ0v) is 17.4. The van der Waals surface area contributed by atoms with Crippen molar-refractivity contribution < 1.29 is 13.6 Å². The lowest BCUT2D eigenvalue weighted by Crippen LogP contribution is -2.22. The van der Waals surface area contributed by atoms with Crippen LogP contribution in [0.3, 0.4) is 0 Å². The van der Waals surface area contributed by atoms with E-state index in [-0.39, 0.29) is 0 Å². The summed E-state index contributed by atoms with van der Waals surface area (Å²) in [6.07, 6.45) is 2.04. The van der Waals surface area contributed by atoms with Crippen LogP contribution in [0.5, 0.6) is 0 Å². The number of hydrogen-bond acceptors (Lipinski definition) is 4. The van der Waals surface area contributed by atoms with Gasteiger partial charge in [-0.15, -0.1) is 11.3 Å². The Labute approximate surface area is 177 Å². The van der Waals surface area contributed by atoms with Crippen LogP contribution >= 0.6 is 11.3 Å². The molecule has 2 N–H and O–H groups in total. The molecule has 0 saturated carbocycles. The standard InChI is InChI=1S/C23H21F2N3OS/c1-3-28-13-26-12-20(28)21-11-17(14(2)30-21)15-7-9-16(10-8-15)27-23(29)22-18(24)5-4-6-19(22)25/h4-12,26H,3,13H2,1-2H3,(H,27,29). The fourth-order valence-electron chi connectivity index (χ4n) is 3.47. The third-order valence-electron chi connectivity index (χ3n) is 5.06. The molecular weight excluding hydrogens is 404 g/mol. The number of carbonyl (C=O) groups is 1. The molecule has 1 amide bonds. The van der Waals surface area contributed by atoms with Gasteiger partial charge in [0, 0.05) is 23.3 Å². The average Bonchev–Trinajstić information content (AvgIpc) is 3.34. The number of anilines is 1. The van der Waals surface area contributed by atoms with E-state index in [2.05, 4.69) is 35.4 Å². The first kappa shape index (κ1) is 20.1. The molecule has 4 nitrogen and oxygen atoms in total. The summed E-state index contributed by atoms with van der Waals surface area (Å²) < 4.78 is 27.6. The van der Waals surface area contributed by atoms with Gasteiger partial charge in [0.15, 0.2) is 0 Å². The van der Waals surface area contributed by atoms with E-state index in [4.69, 9.17) is 0 Å². The first-order chi connectivity index (χ1) is 14.5. The Kier molecular flexibility index (Phi) is 5.55. The second kappa shape index (κ2) is 8.28. The van der Waals surface area contributed by atoms with Crippen LogP contribution in [0.15, 0.2) is 54.7 Å². The Morgan fingerprint density at radius 2 is 1.87 bits per heavy atom. The molecule has 0 radical (unpaired) electrons. The van der Waals surface area contributed by atoms with Crippen LogP contribution < -0.4 is 10.6 Å². The topological polar surface area (TPSA) is 44.4 Å². The van der Waals surface area contributed by atoms with Gasteiger partial charge in [0.05, 0.1) is 17.2 Å². The summed E-state index contributed by atoms with van der Waals surface area (Å²) >= 11 is 1.74. The van der Waals surface area contributed by atoms with Crippen molar-refractivity contribution in [1.29, 1.82) is 0 Å². The van der Waals surface area contributed by atoms with Gasteiger partial charge in [0.25, 0.3) is 5.91 Å². The molecule has 0 spiro atoms. The number of thiophene rings is 1. The summed E-state index contributed by atoms with van der Waals surface area (Å²) in [6, 6.07) is 12.8. The highest BCUT2D eigenvalue weighted by molar-refractivity contribution is 7.13. The molecule has 0 unspecified atom stereocenters. The Morgan fingerprint density at radius 1 is 1.17 bits per heavy atom. The summed E-state index contributed by atoms with van der Waals surface area (Å²) in [6.45, 7) is 5.96. The van der Waals surface area contributed by atoms with Crippen LogP contribution in [0.25, 0.3) is 16.8 Å². The number of nitrogens with zero attached hydrogens (tertiary/aromatic N) is 1. The number of carbonyl (C=O) groups excluding carboxylic acids is 1. The van der Waals surface area contributed by atoms with Crippen molar-refractivity contribution in [3.8, 4) is 11.1 Å². The highest BCUT2D eigenvalue weighted by Crippen LogP contribution is 2.36. The lowest BCUT2D eigenvalue weighted by molar-refractivity contribution is 0.101. The van der Waals surface area contributed by atoms with Crippen molar-refractivity contribution >= 4 is 28.6 Å². The maximum absolute atomic E-state index is 13.8. The summed E-state index contributed by atoms with van der Waals surface area (Å²) in [4.78, 5) is 16.9. The quantitative estimate of drug-likeness (QED) is 0.573. The molecular formula is C23H21F2N3OS. The number of rotatable bonds is 5. The van der Waals surface area contributed by atoms with Gasteiger partial charge in [-0.05, 0) is 55.3 Å². The summed E-state index contributed by atoms with van der Waals surface area (Å²) in [7, 11) is 0. The summed E-state index contributed by atoms with van der Waals surface area (Å²) in [5.41, 5.74) is 3.21. The molecule has 0 fully saturated rings. The summed E-state index contributed by atoms with van der Waals surface area (Å²) in [5, 5.41) is 5.82. The normalized spacial score (nSPS) is 13.2. The number of halogens is 2. The Balaban J connectivity index is 1.54. The second-order valence-electron chi connectivity index (χ2n) is 6.96. The Morgan fingerprint density at radius 3 is 2.53 bits per heavy atom. The predicted molar refractivity (Wildman–Crippen MR) is 117 cm³/mol. The van der Waals surface area contributed by atoms with E-state index in [1.807, 2.05) is 18.3 Å². The maximum atomic E-state index is 13.8. The Bertz CT molecular complexity index is 1100. The van der Waals surface area contributed by atoms with Crippen LogP contribution in [-0.4, -0.2) is 24.0 Å². The lowest BCUT2D eigenvalue weighted by atomic mass is 10.1. The van der Waals surface area contributed by atoms with Gasteiger partial charge in [-0.3, -0.25) is 4.79 Å². The second-order valence-corrected chi connectivity index (χ2v) is 8.21. The molecule has 0 bridgehead atoms. The van der Waals surface area contributed by atoms with Crippen molar-refractivity contribution in [3.05, 3.63) is 81.7 Å². The van der Waals surface area contributed by atoms with Gasteiger partial charge in [0.2, 0.25) is 0 Å². The van der Waals surface area contributed by atoms with E-state index < -0.39 is 23.1 Å². The van der Waals surface area contributed by atoms with Gasteiger partial charge in [-0.25, -0.2) is 8.78 Å². The van der Waals surface area contributed by atoms with Gasteiger partial charge >= 0.3 is 0 Å². The van der Waals surface area contributed by atoms with Crippen molar-refractivity contribution in [1.82, 2.24) is 10.2 Å². The number of hydrogen-bond donors (Lipinski definition) is 2. The molecule has 3 aromatic rings. The van der Waals surface area contributed by atoms with Gasteiger partial charge in [0.1, 0.15) is 17.2 Å². The monoisotopic (exact) mass is 425 g/mol. The molecule has 1 aliphatic heterocycles. The first-order valence-corrected chi connectivity index (χ1v) is 10.4. The molecule has 0 aliphatic carbocycles. The fourth-order valence-corrected chi connectivity index (χ4v) is 4.56. The van der Waals surface area contributed by atoms with Gasteiger partial charge < -0.3 is 15.5 Å². The number of aryl methyl sites for hydroxylation is 1. The molecule has 30 heavy (non-hydrogen) atoms. The highest BCUT2D eigenvalue weighted by Gasteiger charge is 2.19. The fraction of sp³-hybridized carbons (Fsp3) is 0.174. The van der Waals surface area contributed by atoms with Crippen LogP contribution in [0.2, 0.25) is 0 Å². The zero-order valence-electron chi connectivity index (χ0n) is 16.6. The van der Waals surface area contributed by atoms with E-state index in [0.29, 0.717) is 5.69 Å². The molecule has 0 saturated heterocycles. The van der Waals surface area contributed by atoms with Crippen LogP contribution in [0, 0.1) is 18.6 Å². The van der Waals surface area contributed by atoms with Crippen molar-refractivity contribution in [2.24, 2.45) is 0 Å². The average molecular weight is 426 g/mol. The van der Waals surface area contributed by atoms with E-state index in [9.17, 15) is 13.6 Å². The minimum atomic E-state index is -0.887. The number of benzene rings is 2. The highest BCUT2D eigenvalue weighted by atomic mass is 32.1. The smallest absolute Gasteiger partial charge is 0.261 e. The Hall–Kier alpha value is -3.19. The van der Waals surface area contributed by atoms with E-state index in [0.717, 1.165) is 36.5 Å².